The fourth-order valence-corrected chi connectivity index (χ4v) is 1.62. The first-order valence-electron chi connectivity index (χ1n) is 6.04. The molecule has 0 fully saturated rings. The fraction of sp³-hybridized carbons (Fsp3) is 0.385. The number of ether oxygens (including phenoxy) is 4. The van der Waals surface area contributed by atoms with Crippen LogP contribution in [0.4, 0.5) is 5.69 Å². The summed E-state index contributed by atoms with van der Waals surface area (Å²) in [4.78, 5) is 33.6. The zero-order valence-corrected chi connectivity index (χ0v) is 12.4. The van der Waals surface area contributed by atoms with E-state index in [4.69, 9.17) is 14.2 Å². The predicted molar refractivity (Wildman–Crippen MR) is 73.1 cm³/mol. The molecular weight excluding hydrogens is 298 g/mol. The molecule has 0 aliphatic rings. The van der Waals surface area contributed by atoms with Gasteiger partial charge in [0.1, 0.15) is 5.56 Å². The van der Waals surface area contributed by atoms with Crippen LogP contribution < -0.4 is 9.47 Å². The van der Waals surface area contributed by atoms with E-state index < -0.39 is 28.7 Å². The van der Waals surface area contributed by atoms with Crippen LogP contribution in [0.15, 0.2) is 12.1 Å². The van der Waals surface area contributed by atoms with Gasteiger partial charge in [-0.1, -0.05) is 0 Å². The van der Waals surface area contributed by atoms with Crippen LogP contribution in [0.3, 0.4) is 0 Å². The Morgan fingerprint density at radius 2 is 1.68 bits per heavy atom. The fourth-order valence-electron chi connectivity index (χ4n) is 1.62. The first-order valence-corrected chi connectivity index (χ1v) is 6.04. The van der Waals surface area contributed by atoms with Crippen LogP contribution in [-0.2, 0) is 14.3 Å². The quantitative estimate of drug-likeness (QED) is 0.439. The molecule has 0 N–H and O–H groups in total. The van der Waals surface area contributed by atoms with Gasteiger partial charge in [-0.15, -0.1) is 0 Å². The summed E-state index contributed by atoms with van der Waals surface area (Å²) in [5.41, 5.74) is -0.891. The Morgan fingerprint density at radius 1 is 1.14 bits per heavy atom. The van der Waals surface area contributed by atoms with Gasteiger partial charge >= 0.3 is 11.9 Å². The van der Waals surface area contributed by atoms with E-state index >= 15 is 0 Å². The standard InChI is InChI=1S/C13H15NO8/c1-7(12(15)21-4)22-13(16)8-5-10(19-2)11(20-3)6-9(8)14(17)18/h5-7H,1-4H3. The maximum absolute atomic E-state index is 12.0. The number of hydrogen-bond donors (Lipinski definition) is 0. The monoisotopic (exact) mass is 313 g/mol. The molecule has 0 spiro atoms. The Balaban J connectivity index is 3.24. The summed E-state index contributed by atoms with van der Waals surface area (Å²) < 4.78 is 19.2. The summed E-state index contributed by atoms with van der Waals surface area (Å²) in [5.74, 6) is -1.63. The lowest BCUT2D eigenvalue weighted by Crippen LogP contribution is -2.25. The second kappa shape index (κ2) is 7.25. The molecule has 1 unspecified atom stereocenters. The van der Waals surface area contributed by atoms with E-state index in [1.54, 1.807) is 0 Å². The molecule has 120 valence electrons. The second-order valence-corrected chi connectivity index (χ2v) is 4.05. The minimum absolute atomic E-state index is 0.0896. The molecule has 0 amide bonds. The van der Waals surface area contributed by atoms with Crippen molar-refractivity contribution in [3.05, 3.63) is 27.8 Å². The smallest absolute Gasteiger partial charge is 0.346 e. The molecule has 0 saturated carbocycles. The molecular formula is C13H15NO8. The molecule has 0 heterocycles. The number of carbonyl (C=O) groups is 2. The zero-order chi connectivity index (χ0) is 16.9. The number of benzene rings is 1. The van der Waals surface area contributed by atoms with E-state index in [1.165, 1.54) is 21.1 Å². The van der Waals surface area contributed by atoms with Gasteiger partial charge in [-0.2, -0.15) is 0 Å². The average molecular weight is 313 g/mol. The third kappa shape index (κ3) is 3.62. The number of nitro benzene ring substituents is 1. The van der Waals surface area contributed by atoms with Gasteiger partial charge in [0.15, 0.2) is 17.6 Å². The van der Waals surface area contributed by atoms with Crippen molar-refractivity contribution in [3.8, 4) is 11.5 Å². The normalized spacial score (nSPS) is 11.3. The number of carbonyl (C=O) groups excluding carboxylic acids is 2. The van der Waals surface area contributed by atoms with Crippen LogP contribution in [0.1, 0.15) is 17.3 Å². The van der Waals surface area contributed by atoms with Gasteiger partial charge in [0.2, 0.25) is 0 Å². The SMILES string of the molecule is COC(=O)C(C)OC(=O)c1cc(OC)c(OC)cc1[N+](=O)[O-]. The highest BCUT2D eigenvalue weighted by atomic mass is 16.6. The van der Waals surface area contributed by atoms with Crippen molar-refractivity contribution in [1.29, 1.82) is 0 Å². The minimum Gasteiger partial charge on any atom is -0.493 e. The highest BCUT2D eigenvalue weighted by molar-refractivity contribution is 5.96. The summed E-state index contributed by atoms with van der Waals surface area (Å²) in [7, 11) is 3.75. The molecule has 1 aromatic carbocycles. The maximum Gasteiger partial charge on any atom is 0.346 e. The zero-order valence-electron chi connectivity index (χ0n) is 12.4. The summed E-state index contributed by atoms with van der Waals surface area (Å²) in [6.45, 7) is 1.29. The molecule has 1 rings (SSSR count). The van der Waals surface area contributed by atoms with E-state index in [2.05, 4.69) is 4.74 Å². The van der Waals surface area contributed by atoms with E-state index in [-0.39, 0.29) is 17.1 Å². The summed E-state index contributed by atoms with van der Waals surface area (Å²) in [6.07, 6.45) is -1.20. The number of rotatable bonds is 6. The number of hydrogen-bond acceptors (Lipinski definition) is 8. The lowest BCUT2D eigenvalue weighted by Gasteiger charge is -2.13. The molecule has 0 aromatic heterocycles. The first kappa shape index (κ1) is 17.2. The topological polar surface area (TPSA) is 114 Å². The van der Waals surface area contributed by atoms with E-state index in [1.807, 2.05) is 0 Å². The van der Waals surface area contributed by atoms with Crippen LogP contribution in [-0.4, -0.2) is 44.3 Å². The highest BCUT2D eigenvalue weighted by Gasteiger charge is 2.28. The van der Waals surface area contributed by atoms with Gasteiger partial charge in [0, 0.05) is 6.07 Å². The molecule has 1 atom stereocenters. The number of esters is 2. The lowest BCUT2D eigenvalue weighted by molar-refractivity contribution is -0.385. The van der Waals surface area contributed by atoms with Crippen LogP contribution in [0.25, 0.3) is 0 Å². The largest absolute Gasteiger partial charge is 0.493 e. The van der Waals surface area contributed by atoms with Crippen molar-refractivity contribution >= 4 is 17.6 Å². The highest BCUT2D eigenvalue weighted by Crippen LogP contribution is 2.34. The molecule has 9 heteroatoms. The van der Waals surface area contributed by atoms with Crippen molar-refractivity contribution in [2.24, 2.45) is 0 Å². The van der Waals surface area contributed by atoms with Crippen LogP contribution in [0, 0.1) is 10.1 Å². The Labute approximate surface area is 125 Å². The van der Waals surface area contributed by atoms with E-state index in [0.717, 1.165) is 19.2 Å². The van der Waals surface area contributed by atoms with Crippen molar-refractivity contribution < 1.29 is 33.5 Å². The van der Waals surface area contributed by atoms with Crippen LogP contribution in [0.2, 0.25) is 0 Å². The van der Waals surface area contributed by atoms with Gasteiger partial charge in [-0.3, -0.25) is 10.1 Å². The van der Waals surface area contributed by atoms with Crippen LogP contribution >= 0.6 is 0 Å². The third-order valence-electron chi connectivity index (χ3n) is 2.74. The Bertz CT molecular complexity index is 598. The molecule has 1 aromatic rings. The molecule has 0 aliphatic heterocycles. The number of methoxy groups -OCH3 is 3. The van der Waals surface area contributed by atoms with Crippen molar-refractivity contribution in [2.45, 2.75) is 13.0 Å². The Hall–Kier alpha value is -2.84. The lowest BCUT2D eigenvalue weighted by atomic mass is 10.1. The van der Waals surface area contributed by atoms with Gasteiger partial charge < -0.3 is 18.9 Å². The maximum atomic E-state index is 12.0. The second-order valence-electron chi connectivity index (χ2n) is 4.05. The Kier molecular flexibility index (Phi) is 5.67. The molecule has 9 nitrogen and oxygen atoms in total. The van der Waals surface area contributed by atoms with Gasteiger partial charge in [0.25, 0.3) is 5.69 Å². The van der Waals surface area contributed by atoms with Gasteiger partial charge in [-0.25, -0.2) is 9.59 Å². The van der Waals surface area contributed by atoms with Crippen molar-refractivity contribution in [1.82, 2.24) is 0 Å². The van der Waals surface area contributed by atoms with Crippen LogP contribution in [0.5, 0.6) is 11.5 Å². The summed E-state index contributed by atoms with van der Waals surface area (Å²) in [5, 5.41) is 11.1. The molecule has 0 bridgehead atoms. The number of nitro groups is 1. The molecule has 22 heavy (non-hydrogen) atoms. The molecule has 0 radical (unpaired) electrons. The minimum atomic E-state index is -1.20. The average Bonchev–Trinajstić information content (AvgIpc) is 2.52. The van der Waals surface area contributed by atoms with Crippen molar-refractivity contribution in [3.63, 3.8) is 0 Å². The Morgan fingerprint density at radius 3 is 2.14 bits per heavy atom. The predicted octanol–water partition coefficient (Wildman–Crippen LogP) is 1.33. The van der Waals surface area contributed by atoms with E-state index in [0.29, 0.717) is 0 Å². The molecule has 0 aliphatic carbocycles. The number of nitrogens with zero attached hydrogens (tertiary/aromatic N) is 1. The molecule has 0 saturated heterocycles. The first-order chi connectivity index (χ1) is 10.3. The van der Waals surface area contributed by atoms with Gasteiger partial charge in [-0.05, 0) is 6.92 Å². The third-order valence-corrected chi connectivity index (χ3v) is 2.74. The van der Waals surface area contributed by atoms with Gasteiger partial charge in [0.05, 0.1) is 32.3 Å². The summed E-state index contributed by atoms with van der Waals surface area (Å²) in [6, 6.07) is 2.15. The summed E-state index contributed by atoms with van der Waals surface area (Å²) >= 11 is 0. The van der Waals surface area contributed by atoms with E-state index in [9.17, 15) is 19.7 Å². The van der Waals surface area contributed by atoms with Crippen molar-refractivity contribution in [2.75, 3.05) is 21.3 Å².